The van der Waals surface area contributed by atoms with Crippen LogP contribution >= 0.6 is 0 Å². The van der Waals surface area contributed by atoms with Gasteiger partial charge in [-0.2, -0.15) is 30.6 Å². The summed E-state index contributed by atoms with van der Waals surface area (Å²) < 4.78 is 19.8. The molecule has 0 spiro atoms. The van der Waals surface area contributed by atoms with E-state index in [1.807, 2.05) is 0 Å². The van der Waals surface area contributed by atoms with E-state index in [4.69, 9.17) is 18.9 Å². The molecule has 6 aromatic rings. The van der Waals surface area contributed by atoms with Crippen molar-refractivity contribution in [3.05, 3.63) is 179 Å². The Kier molecular flexibility index (Phi) is 36.2. The van der Waals surface area contributed by atoms with Crippen LogP contribution in [0, 0.1) is 0 Å². The van der Waals surface area contributed by atoms with Gasteiger partial charge in [-0.05, 0) is 84.7 Å². The summed E-state index contributed by atoms with van der Waals surface area (Å²) in [7, 11) is 0. The molecule has 6 aromatic carbocycles. The molecular formula is C58H62Fe2N6O10. The molecule has 16 nitrogen and oxygen atoms in total. The molecule has 400 valence electrons. The second-order valence-corrected chi connectivity index (χ2v) is 16.0. The van der Waals surface area contributed by atoms with Crippen LogP contribution in [0.15, 0.2) is 176 Å². The summed E-state index contributed by atoms with van der Waals surface area (Å²) in [5.41, 5.74) is 2.78. The summed E-state index contributed by atoms with van der Waals surface area (Å²) in [5.74, 6) is -0.663. The molecule has 18 heteroatoms. The number of nitrogens with zero attached hydrogens (tertiary/aromatic N) is 6. The molecule has 0 aromatic heterocycles. The van der Waals surface area contributed by atoms with Gasteiger partial charge in [-0.15, -0.1) is 0 Å². The molecular weight excluding hydrogens is 1050 g/mol. The topological polar surface area (TPSA) is 249 Å². The molecule has 4 aliphatic rings. The summed E-state index contributed by atoms with van der Waals surface area (Å²) in [6, 6.07) is 39.1. The fourth-order valence-electron chi connectivity index (χ4n) is 6.14. The van der Waals surface area contributed by atoms with Crippen molar-refractivity contribution < 1.29 is 83.7 Å². The maximum absolute atomic E-state index is 11.3. The van der Waals surface area contributed by atoms with Gasteiger partial charge in [0.1, 0.15) is 0 Å². The van der Waals surface area contributed by atoms with E-state index in [0.717, 1.165) is 52.9 Å². The van der Waals surface area contributed by atoms with Gasteiger partial charge in [0.25, 0.3) is 0 Å². The third-order valence-electron chi connectivity index (χ3n) is 10.2. The zero-order valence-corrected chi connectivity index (χ0v) is 44.3. The third kappa shape index (κ3) is 29.2. The van der Waals surface area contributed by atoms with E-state index in [2.05, 4.69) is 30.6 Å². The van der Waals surface area contributed by atoms with Gasteiger partial charge in [0.2, 0.25) is 0 Å². The van der Waals surface area contributed by atoms with E-state index in [9.17, 15) is 30.6 Å². The summed E-state index contributed by atoms with van der Waals surface area (Å²) in [4.78, 5) is 0. The zero-order chi connectivity index (χ0) is 52.5. The predicted molar refractivity (Wildman–Crippen MR) is 281 cm³/mol. The summed E-state index contributed by atoms with van der Waals surface area (Å²) >= 11 is 0. The molecule has 4 heterocycles. The SMILES string of the molecule is C1CCOC1.C1CCOC1.C1CCOC1.C1CCOC1.[Fe+3].[Fe+3].[O-]c1ccccc1/C=N/N=C/c1ccccc1[O-].[O-]c1ccccc1/C=N/N=C/c1ccccc1[O-].[O-]c1ccccc1/C=N/N=C/c1ccccc1[O-]. The van der Waals surface area contributed by atoms with Crippen LogP contribution in [0.25, 0.3) is 0 Å². The van der Waals surface area contributed by atoms with Gasteiger partial charge in [-0.25, -0.2) is 0 Å². The van der Waals surface area contributed by atoms with Crippen molar-refractivity contribution in [3.63, 3.8) is 0 Å². The summed E-state index contributed by atoms with van der Waals surface area (Å²) in [6.45, 7) is 8.00. The van der Waals surface area contributed by atoms with E-state index in [1.54, 1.807) is 109 Å². The average molecular weight is 1110 g/mol. The van der Waals surface area contributed by atoms with Gasteiger partial charge < -0.3 is 49.6 Å². The predicted octanol–water partition coefficient (Wildman–Crippen LogP) is 7.04. The monoisotopic (exact) mass is 1110 g/mol. The Morgan fingerprint density at radius 3 is 0.474 bits per heavy atom. The number of ether oxygens (including phenoxy) is 4. The quantitative estimate of drug-likeness (QED) is 0.0811. The standard InChI is InChI=1S/3C14H12N2O2.4C4H8O.2Fe/c3*17-13-7-3-1-5-11(13)9-15-16-10-12-6-2-4-8-14(12)18;4*1-2-4-5-3-1;;/h3*1-10,17-18H;4*1-4H2;;/q;;;;;;;2*+3/p-6/b3*15-9+,16-10+;;;;;;. The van der Waals surface area contributed by atoms with Crippen LogP contribution in [0.1, 0.15) is 84.7 Å². The van der Waals surface area contributed by atoms with Gasteiger partial charge in [-0.3, -0.25) is 0 Å². The first-order valence-corrected chi connectivity index (χ1v) is 24.4. The van der Waals surface area contributed by atoms with Crippen molar-refractivity contribution in [1.82, 2.24) is 0 Å². The first-order valence-electron chi connectivity index (χ1n) is 24.4. The molecule has 10 rings (SSSR count). The Morgan fingerprint density at radius 1 is 0.237 bits per heavy atom. The van der Waals surface area contributed by atoms with Crippen LogP contribution in [-0.2, 0) is 53.1 Å². The fraction of sp³-hybridized carbons (Fsp3) is 0.276. The van der Waals surface area contributed by atoms with Gasteiger partial charge in [0.05, 0.1) is 37.3 Å². The maximum Gasteiger partial charge on any atom is 3.00 e. The van der Waals surface area contributed by atoms with Crippen molar-refractivity contribution in [2.45, 2.75) is 51.4 Å². The number of rotatable bonds is 9. The fourth-order valence-corrected chi connectivity index (χ4v) is 6.14. The minimum absolute atomic E-state index is 0. The Bertz CT molecular complexity index is 2170. The van der Waals surface area contributed by atoms with Gasteiger partial charge >= 0.3 is 34.1 Å². The first kappa shape index (κ1) is 65.1. The van der Waals surface area contributed by atoms with Crippen LogP contribution in [0.2, 0.25) is 0 Å². The molecule has 0 saturated carbocycles. The van der Waals surface area contributed by atoms with Gasteiger partial charge in [0, 0.05) is 52.9 Å². The maximum atomic E-state index is 11.3. The van der Waals surface area contributed by atoms with Crippen molar-refractivity contribution in [1.29, 1.82) is 0 Å². The van der Waals surface area contributed by atoms with Crippen LogP contribution in [0.4, 0.5) is 0 Å². The smallest absolute Gasteiger partial charge is 0.872 e. The van der Waals surface area contributed by atoms with E-state index in [1.165, 1.54) is 125 Å². The average Bonchev–Trinajstić information content (AvgIpc) is 4.30. The first-order chi connectivity index (χ1) is 36.3. The van der Waals surface area contributed by atoms with Crippen molar-refractivity contribution >= 4 is 37.3 Å². The largest absolute Gasteiger partial charge is 3.00 e. The van der Waals surface area contributed by atoms with Crippen molar-refractivity contribution in [2.75, 3.05) is 52.9 Å². The Balaban J connectivity index is 0.000000325. The minimum Gasteiger partial charge on any atom is -0.872 e. The second kappa shape index (κ2) is 42.3. The number of hydrogen-bond donors (Lipinski definition) is 0. The Morgan fingerprint density at radius 2 is 0.368 bits per heavy atom. The van der Waals surface area contributed by atoms with Crippen LogP contribution in [0.5, 0.6) is 34.5 Å². The van der Waals surface area contributed by atoms with E-state index in [-0.39, 0.29) is 68.6 Å². The van der Waals surface area contributed by atoms with Gasteiger partial charge in [-0.1, -0.05) is 180 Å². The molecule has 4 aliphatic heterocycles. The summed E-state index contributed by atoms with van der Waals surface area (Å²) in [6.07, 6.45) is 18.4. The normalized spacial score (nSPS) is 14.4. The molecule has 4 saturated heterocycles. The van der Waals surface area contributed by atoms with E-state index in [0.29, 0.717) is 33.4 Å². The number of benzene rings is 6. The molecule has 0 aliphatic carbocycles. The molecule has 0 N–H and O–H groups in total. The van der Waals surface area contributed by atoms with Crippen molar-refractivity contribution in [3.8, 4) is 34.5 Å². The van der Waals surface area contributed by atoms with Crippen LogP contribution in [0.3, 0.4) is 0 Å². The zero-order valence-electron chi connectivity index (χ0n) is 42.1. The van der Waals surface area contributed by atoms with E-state index >= 15 is 0 Å². The van der Waals surface area contributed by atoms with Crippen molar-refractivity contribution in [2.24, 2.45) is 30.6 Å². The minimum atomic E-state index is -0.110. The second-order valence-electron chi connectivity index (χ2n) is 16.0. The number of hydrogen-bond acceptors (Lipinski definition) is 16. The Hall–Kier alpha value is -6.98. The van der Waals surface area contributed by atoms with E-state index < -0.39 is 0 Å². The van der Waals surface area contributed by atoms with Gasteiger partial charge in [0.15, 0.2) is 0 Å². The summed E-state index contributed by atoms with van der Waals surface area (Å²) in [5, 5.41) is 90.5. The number of para-hydroxylation sites is 6. The molecule has 0 bridgehead atoms. The Labute approximate surface area is 466 Å². The van der Waals surface area contributed by atoms with Crippen LogP contribution < -0.4 is 30.6 Å². The molecule has 4 fully saturated rings. The molecule has 0 amide bonds. The third-order valence-corrected chi connectivity index (χ3v) is 10.2. The molecule has 0 atom stereocenters. The molecule has 76 heavy (non-hydrogen) atoms. The molecule has 2 radical (unpaired) electrons. The molecule has 0 unspecified atom stereocenters. The van der Waals surface area contributed by atoms with Crippen LogP contribution in [-0.4, -0.2) is 90.1 Å².